The van der Waals surface area contributed by atoms with Crippen LogP contribution in [0.4, 0.5) is 0 Å². The number of amidine groups is 1. The number of ether oxygens (including phenoxy) is 1. The molecule has 0 aromatic heterocycles. The van der Waals surface area contributed by atoms with Crippen LogP contribution >= 0.6 is 0 Å². The Balaban J connectivity index is 1.27. The van der Waals surface area contributed by atoms with Gasteiger partial charge in [0, 0.05) is 44.7 Å². The van der Waals surface area contributed by atoms with Gasteiger partial charge in [0.1, 0.15) is 17.6 Å². The molecule has 1 saturated heterocycles. The van der Waals surface area contributed by atoms with Crippen molar-refractivity contribution in [3.63, 3.8) is 0 Å². The highest BCUT2D eigenvalue weighted by Crippen LogP contribution is 2.27. The van der Waals surface area contributed by atoms with Crippen molar-refractivity contribution in [1.29, 1.82) is 0 Å². The van der Waals surface area contributed by atoms with Gasteiger partial charge in [-0.05, 0) is 35.2 Å². The lowest BCUT2D eigenvalue weighted by Crippen LogP contribution is -2.52. The molecule has 2 atom stereocenters. The predicted molar refractivity (Wildman–Crippen MR) is 134 cm³/mol. The Morgan fingerprint density at radius 1 is 1.14 bits per heavy atom. The van der Waals surface area contributed by atoms with Crippen LogP contribution in [-0.2, 0) is 27.8 Å². The maximum absolute atomic E-state index is 13.6. The Labute approximate surface area is 207 Å². The van der Waals surface area contributed by atoms with Gasteiger partial charge in [0.05, 0.1) is 11.5 Å². The smallest absolute Gasteiger partial charge is 0.263 e. The minimum absolute atomic E-state index is 0.0149. The lowest BCUT2D eigenvalue weighted by molar-refractivity contribution is -0.135. The van der Waals surface area contributed by atoms with Crippen molar-refractivity contribution in [1.82, 2.24) is 14.5 Å². The van der Waals surface area contributed by atoms with Crippen LogP contribution in [0.3, 0.4) is 0 Å². The van der Waals surface area contributed by atoms with Crippen LogP contribution in [0.5, 0.6) is 5.75 Å². The molecule has 0 aliphatic carbocycles. The third-order valence-electron chi connectivity index (χ3n) is 7.21. The van der Waals surface area contributed by atoms with Crippen LogP contribution in [0.1, 0.15) is 37.0 Å². The summed E-state index contributed by atoms with van der Waals surface area (Å²) in [7, 11) is -3.64. The number of fused-ring (bicyclic) bond motifs is 2. The van der Waals surface area contributed by atoms with Gasteiger partial charge in [-0.25, -0.2) is 8.42 Å². The van der Waals surface area contributed by atoms with E-state index in [0.29, 0.717) is 18.7 Å². The van der Waals surface area contributed by atoms with Gasteiger partial charge in [0.15, 0.2) is 0 Å². The van der Waals surface area contributed by atoms with Crippen molar-refractivity contribution in [2.75, 3.05) is 32.8 Å². The number of piperazine rings is 1. The summed E-state index contributed by atoms with van der Waals surface area (Å²) in [6.45, 7) is 8.48. The number of rotatable bonds is 6. The van der Waals surface area contributed by atoms with Crippen molar-refractivity contribution in [2.45, 2.75) is 44.2 Å². The monoisotopic (exact) mass is 496 g/mol. The van der Waals surface area contributed by atoms with E-state index in [0.717, 1.165) is 44.8 Å². The molecule has 186 valence electrons. The summed E-state index contributed by atoms with van der Waals surface area (Å²) in [4.78, 5) is 22.7. The Kier molecular flexibility index (Phi) is 6.55. The van der Waals surface area contributed by atoms with Gasteiger partial charge >= 0.3 is 0 Å². The molecular weight excluding hydrogens is 464 g/mol. The normalized spacial score (nSPS) is 21.7. The summed E-state index contributed by atoms with van der Waals surface area (Å²) < 4.78 is 33.2. The summed E-state index contributed by atoms with van der Waals surface area (Å²) in [6, 6.07) is 12.5. The molecule has 0 spiro atoms. The second kappa shape index (κ2) is 9.62. The summed E-state index contributed by atoms with van der Waals surface area (Å²) in [5.41, 5.74) is 3.07. The minimum atomic E-state index is -3.64. The van der Waals surface area contributed by atoms with Gasteiger partial charge in [-0.3, -0.25) is 19.4 Å². The number of hydrogen-bond acceptors (Lipinski definition) is 6. The molecule has 0 unspecified atom stereocenters. The first-order valence-electron chi connectivity index (χ1n) is 12.3. The van der Waals surface area contributed by atoms with E-state index < -0.39 is 16.1 Å². The molecule has 3 aliphatic rings. The predicted octanol–water partition coefficient (Wildman–Crippen LogP) is 2.42. The average molecular weight is 497 g/mol. The van der Waals surface area contributed by atoms with E-state index in [1.54, 1.807) is 24.3 Å². The molecule has 3 aliphatic heterocycles. The summed E-state index contributed by atoms with van der Waals surface area (Å²) in [6.07, 6.45) is 1.73. The highest BCUT2D eigenvalue weighted by molar-refractivity contribution is 7.90. The number of carbonyl (C=O) groups excluding carboxylic acids is 1. The fourth-order valence-corrected chi connectivity index (χ4v) is 6.17. The van der Waals surface area contributed by atoms with Crippen LogP contribution in [-0.4, -0.2) is 68.8 Å². The van der Waals surface area contributed by atoms with Crippen LogP contribution in [0, 0.1) is 5.92 Å². The number of sulfonamides is 1. The second-order valence-electron chi connectivity index (χ2n) is 9.55. The number of benzene rings is 2. The van der Waals surface area contributed by atoms with E-state index in [1.807, 2.05) is 18.7 Å². The van der Waals surface area contributed by atoms with Crippen molar-refractivity contribution in [2.24, 2.45) is 10.9 Å². The molecule has 5 rings (SSSR count). The van der Waals surface area contributed by atoms with E-state index in [9.17, 15) is 13.2 Å². The van der Waals surface area contributed by atoms with Gasteiger partial charge in [-0.15, -0.1) is 0 Å². The van der Waals surface area contributed by atoms with Crippen LogP contribution in [0.2, 0.25) is 0 Å². The molecule has 9 heteroatoms. The Hall–Kier alpha value is -2.91. The number of carbonyl (C=O) groups is 1. The van der Waals surface area contributed by atoms with Crippen molar-refractivity contribution >= 4 is 21.8 Å². The average Bonchev–Trinajstić information content (AvgIpc) is 3.43. The Bertz CT molecular complexity index is 1250. The topological polar surface area (TPSA) is 91.3 Å². The standard InChI is InChI=1S/C26H32N4O4S/c1-3-18(2)24(27-25-21-6-4-5-7-23(21)35(32,33)28-25)26(31)30-13-11-29(12-14-30)17-19-8-9-22-20(16-19)10-15-34-22/h4-9,16,18,24H,3,10-15,17H2,1-2H3,(H,27,28)/t18-,24-/m0/s1. The minimum Gasteiger partial charge on any atom is -0.493 e. The molecule has 8 nitrogen and oxygen atoms in total. The van der Waals surface area contributed by atoms with Crippen LogP contribution < -0.4 is 9.46 Å². The van der Waals surface area contributed by atoms with Crippen LogP contribution in [0.15, 0.2) is 52.4 Å². The number of nitrogens with zero attached hydrogens (tertiary/aromatic N) is 3. The number of hydrogen-bond donors (Lipinski definition) is 1. The van der Waals surface area contributed by atoms with Gasteiger partial charge in [0.25, 0.3) is 10.0 Å². The van der Waals surface area contributed by atoms with E-state index in [-0.39, 0.29) is 22.6 Å². The Morgan fingerprint density at radius 2 is 1.91 bits per heavy atom. The van der Waals surface area contributed by atoms with E-state index >= 15 is 0 Å². The maximum Gasteiger partial charge on any atom is 0.263 e. The molecule has 0 radical (unpaired) electrons. The first-order valence-corrected chi connectivity index (χ1v) is 13.8. The highest BCUT2D eigenvalue weighted by Gasteiger charge is 2.35. The maximum atomic E-state index is 13.6. The fourth-order valence-electron chi connectivity index (χ4n) is 4.93. The molecule has 1 N–H and O–H groups in total. The molecule has 0 bridgehead atoms. The zero-order chi connectivity index (χ0) is 24.6. The third kappa shape index (κ3) is 4.79. The van der Waals surface area contributed by atoms with Crippen molar-refractivity contribution in [3.05, 3.63) is 59.2 Å². The highest BCUT2D eigenvalue weighted by atomic mass is 32.2. The van der Waals surface area contributed by atoms with Gasteiger partial charge < -0.3 is 9.64 Å². The quantitative estimate of drug-likeness (QED) is 0.663. The zero-order valence-electron chi connectivity index (χ0n) is 20.2. The SMILES string of the molecule is CC[C@H](C)[C@H](N=C1NS(=O)(=O)c2ccccc21)C(=O)N1CCN(Cc2ccc3c(c2)CCO3)CC1. The molecule has 1 fully saturated rings. The summed E-state index contributed by atoms with van der Waals surface area (Å²) in [5.74, 6) is 1.20. The van der Waals surface area contributed by atoms with Gasteiger partial charge in [-0.2, -0.15) is 0 Å². The summed E-state index contributed by atoms with van der Waals surface area (Å²) >= 11 is 0. The third-order valence-corrected chi connectivity index (χ3v) is 8.61. The molecule has 2 aromatic rings. The zero-order valence-corrected chi connectivity index (χ0v) is 21.1. The van der Waals surface area contributed by atoms with Crippen LogP contribution in [0.25, 0.3) is 0 Å². The van der Waals surface area contributed by atoms with Gasteiger partial charge in [-0.1, -0.05) is 44.5 Å². The first kappa shape index (κ1) is 23.8. The largest absolute Gasteiger partial charge is 0.493 e. The first-order chi connectivity index (χ1) is 16.9. The fraction of sp³-hybridized carbons (Fsp3) is 0.462. The molecule has 3 heterocycles. The molecule has 2 aromatic carbocycles. The van der Waals surface area contributed by atoms with E-state index in [4.69, 9.17) is 4.74 Å². The second-order valence-corrected chi connectivity index (χ2v) is 11.2. The molecule has 35 heavy (non-hydrogen) atoms. The lowest BCUT2D eigenvalue weighted by atomic mass is 9.97. The summed E-state index contributed by atoms with van der Waals surface area (Å²) in [5, 5.41) is 0. The van der Waals surface area contributed by atoms with Crippen molar-refractivity contribution < 1.29 is 17.9 Å². The molecule has 0 saturated carbocycles. The number of aliphatic imine (C=N–C) groups is 1. The molecule has 1 amide bonds. The van der Waals surface area contributed by atoms with E-state index in [1.165, 1.54) is 11.1 Å². The van der Waals surface area contributed by atoms with E-state index in [2.05, 4.69) is 32.8 Å². The number of nitrogens with one attached hydrogen (secondary N) is 1. The lowest BCUT2D eigenvalue weighted by Gasteiger charge is -2.36. The molecular formula is C26H32N4O4S. The van der Waals surface area contributed by atoms with Crippen molar-refractivity contribution in [3.8, 4) is 5.75 Å². The van der Waals surface area contributed by atoms with Gasteiger partial charge in [0.2, 0.25) is 5.91 Å². The Morgan fingerprint density at radius 3 is 2.69 bits per heavy atom. The number of amides is 1.